The van der Waals surface area contributed by atoms with Gasteiger partial charge in [-0.3, -0.25) is 19.2 Å². The molecule has 12 nitrogen and oxygen atoms in total. The van der Waals surface area contributed by atoms with Gasteiger partial charge in [-0.05, 0) is 141 Å². The Bertz CT molecular complexity index is 1480. The van der Waals surface area contributed by atoms with Crippen LogP contribution in [0.25, 0.3) is 0 Å². The molecule has 0 saturated heterocycles. The third-order valence-electron chi connectivity index (χ3n) is 6.12. The summed E-state index contributed by atoms with van der Waals surface area (Å²) in [7, 11) is 3.08. The van der Waals surface area contributed by atoms with Gasteiger partial charge in [-0.1, -0.05) is 6.92 Å². The van der Waals surface area contributed by atoms with Crippen molar-refractivity contribution >= 4 is 194 Å². The summed E-state index contributed by atoms with van der Waals surface area (Å²) in [5.41, 5.74) is 13.8. The van der Waals surface area contributed by atoms with Gasteiger partial charge in [0.25, 0.3) is 0 Å². The molecule has 0 aliphatic carbocycles. The standard InChI is InChI=1S/C26H24I6N4O8/c1-8(6-11(39)43-25(41)13-15(27)21(33)19(31)23(17(13)29)35(4)9(2)37)7-12(40)44-26(42)14-16(28)22(34)20(32)24(18(14)30)36(5)10(3)38/h8H,6-7,33-34H2,1-5H3. The van der Waals surface area contributed by atoms with Crippen LogP contribution in [0, 0.1) is 27.3 Å². The van der Waals surface area contributed by atoms with Gasteiger partial charge < -0.3 is 30.7 Å². The molecule has 0 saturated carbocycles. The zero-order valence-electron chi connectivity index (χ0n) is 23.6. The van der Waals surface area contributed by atoms with Crippen LogP contribution in [0.2, 0.25) is 0 Å². The van der Waals surface area contributed by atoms with Gasteiger partial charge in [-0.15, -0.1) is 0 Å². The fourth-order valence-corrected chi connectivity index (χ4v) is 12.3. The number of nitrogens with zero attached hydrogens (tertiary/aromatic N) is 2. The summed E-state index contributed by atoms with van der Waals surface area (Å²) in [4.78, 5) is 78.2. The van der Waals surface area contributed by atoms with Crippen LogP contribution in [0.5, 0.6) is 0 Å². The van der Waals surface area contributed by atoms with Gasteiger partial charge in [0.1, 0.15) is 0 Å². The summed E-state index contributed by atoms with van der Waals surface area (Å²) in [6, 6.07) is 0. The number of halogens is 6. The van der Waals surface area contributed by atoms with Crippen molar-refractivity contribution in [1.82, 2.24) is 0 Å². The molecule has 2 aromatic carbocycles. The van der Waals surface area contributed by atoms with Crippen LogP contribution in [0.15, 0.2) is 0 Å². The largest absolute Gasteiger partial charge is 0.397 e. The van der Waals surface area contributed by atoms with Gasteiger partial charge in [0.15, 0.2) is 0 Å². The first-order valence-corrected chi connectivity index (χ1v) is 18.6. The van der Waals surface area contributed by atoms with Gasteiger partial charge in [-0.2, -0.15) is 0 Å². The fourth-order valence-electron chi connectivity index (χ4n) is 3.64. The van der Waals surface area contributed by atoms with Crippen molar-refractivity contribution in [3.05, 3.63) is 32.5 Å². The predicted molar refractivity (Wildman–Crippen MR) is 215 cm³/mol. The molecule has 0 atom stereocenters. The molecule has 0 heterocycles. The van der Waals surface area contributed by atoms with Crippen LogP contribution in [0.3, 0.4) is 0 Å². The zero-order chi connectivity index (χ0) is 34.0. The number of ether oxygens (including phenoxy) is 2. The second-order valence-electron chi connectivity index (χ2n) is 9.35. The molecular weight excluding hydrogens is 1260 g/mol. The summed E-state index contributed by atoms with van der Waals surface area (Å²) in [6.45, 7) is 4.29. The van der Waals surface area contributed by atoms with Gasteiger partial charge in [0, 0.05) is 40.8 Å². The van der Waals surface area contributed by atoms with Crippen LogP contribution < -0.4 is 21.3 Å². The Balaban J connectivity index is 2.18. The van der Waals surface area contributed by atoms with E-state index in [-0.39, 0.29) is 47.2 Å². The normalized spacial score (nSPS) is 10.8. The summed E-state index contributed by atoms with van der Waals surface area (Å²) in [5.74, 6) is -4.95. The Labute approximate surface area is 335 Å². The number of hydrogen-bond donors (Lipinski definition) is 2. The van der Waals surface area contributed by atoms with E-state index in [2.05, 4.69) is 0 Å². The van der Waals surface area contributed by atoms with E-state index in [0.717, 1.165) is 0 Å². The number of amides is 2. The highest BCUT2D eigenvalue weighted by molar-refractivity contribution is 14.1. The van der Waals surface area contributed by atoms with Crippen LogP contribution in [0.4, 0.5) is 22.7 Å². The van der Waals surface area contributed by atoms with Gasteiger partial charge in [-0.25, -0.2) is 9.59 Å². The number of esters is 4. The van der Waals surface area contributed by atoms with E-state index in [4.69, 9.17) is 20.9 Å². The van der Waals surface area contributed by atoms with Crippen molar-refractivity contribution in [2.24, 2.45) is 5.92 Å². The molecule has 0 aliphatic heterocycles. The average molecular weight is 1280 g/mol. The van der Waals surface area contributed by atoms with Crippen molar-refractivity contribution in [3.63, 3.8) is 0 Å². The predicted octanol–water partition coefficient (Wildman–Crippen LogP) is 5.93. The monoisotopic (exact) mass is 1280 g/mol. The van der Waals surface area contributed by atoms with Crippen LogP contribution in [-0.4, -0.2) is 49.8 Å². The molecule has 238 valence electrons. The van der Waals surface area contributed by atoms with Crippen molar-refractivity contribution in [3.8, 4) is 0 Å². The van der Waals surface area contributed by atoms with Gasteiger partial charge in [0.2, 0.25) is 11.8 Å². The second-order valence-corrected chi connectivity index (χ2v) is 15.8. The average Bonchev–Trinajstić information content (AvgIpc) is 2.90. The van der Waals surface area contributed by atoms with Crippen LogP contribution in [0.1, 0.15) is 54.3 Å². The molecule has 0 aromatic heterocycles. The molecular formula is C26H24I6N4O8. The number of nitrogen functional groups attached to an aromatic ring is 2. The quantitative estimate of drug-likeness (QED) is 0.139. The highest BCUT2D eigenvalue weighted by Gasteiger charge is 2.31. The van der Waals surface area contributed by atoms with Gasteiger partial charge >= 0.3 is 23.9 Å². The number of benzene rings is 2. The Morgan fingerprint density at radius 3 is 1.18 bits per heavy atom. The molecule has 2 rings (SSSR count). The second kappa shape index (κ2) is 16.6. The van der Waals surface area contributed by atoms with E-state index < -0.39 is 29.8 Å². The number of nitrogens with two attached hydrogens (primary N) is 2. The van der Waals surface area contributed by atoms with Crippen LogP contribution >= 0.6 is 136 Å². The smallest absolute Gasteiger partial charge is 0.348 e. The molecule has 44 heavy (non-hydrogen) atoms. The minimum absolute atomic E-state index is 0.0361. The van der Waals surface area contributed by atoms with E-state index in [9.17, 15) is 28.8 Å². The van der Waals surface area contributed by atoms with E-state index in [1.54, 1.807) is 21.0 Å². The Kier molecular flexibility index (Phi) is 15.1. The first kappa shape index (κ1) is 39.8. The maximum absolute atomic E-state index is 13.1. The zero-order valence-corrected chi connectivity index (χ0v) is 36.5. The Morgan fingerprint density at radius 1 is 0.614 bits per heavy atom. The first-order valence-electron chi connectivity index (χ1n) is 12.1. The minimum atomic E-state index is -0.957. The molecule has 0 spiro atoms. The van der Waals surface area contributed by atoms with E-state index in [1.165, 1.54) is 23.6 Å². The topological polar surface area (TPSA) is 179 Å². The fraction of sp³-hybridized carbons (Fsp3) is 0.308. The van der Waals surface area contributed by atoms with E-state index >= 15 is 0 Å². The molecule has 0 bridgehead atoms. The summed E-state index contributed by atoms with van der Waals surface area (Å²) in [6.07, 6.45) is -0.664. The van der Waals surface area contributed by atoms with Crippen molar-refractivity contribution in [2.45, 2.75) is 33.6 Å². The lowest BCUT2D eigenvalue weighted by molar-refractivity contribution is -0.141. The molecule has 0 radical (unpaired) electrons. The summed E-state index contributed by atoms with van der Waals surface area (Å²) < 4.78 is 12.8. The Hall–Kier alpha value is -0.360. The number of carbonyl (C=O) groups excluding carboxylic acids is 6. The van der Waals surface area contributed by atoms with Crippen molar-refractivity contribution in [2.75, 3.05) is 35.4 Å². The van der Waals surface area contributed by atoms with Crippen LogP contribution in [-0.2, 0) is 28.7 Å². The number of anilines is 4. The number of rotatable bonds is 8. The molecule has 2 aromatic rings. The lowest BCUT2D eigenvalue weighted by Gasteiger charge is -2.23. The molecule has 0 fully saturated rings. The third kappa shape index (κ3) is 8.95. The Morgan fingerprint density at radius 2 is 0.909 bits per heavy atom. The first-order chi connectivity index (χ1) is 20.2. The van der Waals surface area contributed by atoms with Gasteiger partial charge in [0.05, 0.1) is 55.3 Å². The SMILES string of the molecule is CC(=O)N(C)c1c(I)c(N)c(I)c(C(=O)OC(=O)CC(C)CC(=O)OC(=O)c2c(I)c(N)c(I)c(N(C)C(C)=O)c2I)c1I. The lowest BCUT2D eigenvalue weighted by atomic mass is 10.0. The number of hydrogen-bond acceptors (Lipinski definition) is 10. The molecule has 0 unspecified atom stereocenters. The third-order valence-corrected chi connectivity index (χ3v) is 12.6. The molecule has 18 heteroatoms. The number of carbonyl (C=O) groups is 6. The maximum atomic E-state index is 13.1. The maximum Gasteiger partial charge on any atom is 0.348 e. The molecule has 2 amide bonds. The highest BCUT2D eigenvalue weighted by atomic mass is 127. The molecule has 4 N–H and O–H groups in total. The highest BCUT2D eigenvalue weighted by Crippen LogP contribution is 2.40. The minimum Gasteiger partial charge on any atom is -0.397 e. The molecule has 0 aliphatic rings. The summed E-state index contributed by atoms with van der Waals surface area (Å²) >= 11 is 11.5. The van der Waals surface area contributed by atoms with E-state index in [1.807, 2.05) is 136 Å². The lowest BCUT2D eigenvalue weighted by Crippen LogP contribution is -2.27. The van der Waals surface area contributed by atoms with E-state index in [0.29, 0.717) is 32.8 Å². The van der Waals surface area contributed by atoms with Crippen molar-refractivity contribution < 1.29 is 38.2 Å². The van der Waals surface area contributed by atoms with Crippen molar-refractivity contribution in [1.29, 1.82) is 0 Å². The summed E-state index contributed by atoms with van der Waals surface area (Å²) in [5, 5.41) is 0.